The molecule has 0 amide bonds. The van der Waals surface area contributed by atoms with Crippen molar-refractivity contribution in [3.05, 3.63) is 124 Å². The number of aliphatic hydroxyl groups is 2. The van der Waals surface area contributed by atoms with Crippen molar-refractivity contribution in [1.29, 1.82) is 0 Å². The van der Waals surface area contributed by atoms with Gasteiger partial charge in [0.1, 0.15) is 0 Å². The molecule has 0 aliphatic heterocycles. The van der Waals surface area contributed by atoms with Gasteiger partial charge in [-0.05, 0) is 103 Å². The molecule has 0 saturated heterocycles. The van der Waals surface area contributed by atoms with Crippen LogP contribution in [0.25, 0.3) is 0 Å². The third kappa shape index (κ3) is 10.5. The summed E-state index contributed by atoms with van der Waals surface area (Å²) in [6.07, 6.45) is 29.1. The molecule has 0 aromatic rings. The van der Waals surface area contributed by atoms with Gasteiger partial charge in [-0.15, -0.1) is 0 Å². The number of hydrogen-bond donors (Lipinski definition) is 2. The second-order valence-corrected chi connectivity index (χ2v) is 7.18. The van der Waals surface area contributed by atoms with Gasteiger partial charge < -0.3 is 10.2 Å². The Bertz CT molecular complexity index is 319. The first-order valence-corrected chi connectivity index (χ1v) is 9.71. The van der Waals surface area contributed by atoms with Crippen LogP contribution in [0.4, 0.5) is 0 Å². The molecular weight excluding hydrogens is 568 g/mol. The number of aliphatic hydroxyl groups excluding tert-OH is 2. The summed E-state index contributed by atoms with van der Waals surface area (Å²) in [7, 11) is 0. The minimum Gasteiger partial charge on any atom is -0.390 e. The quantitative estimate of drug-likeness (QED) is 0.491. The van der Waals surface area contributed by atoms with Gasteiger partial charge in [0.15, 0.2) is 0 Å². The van der Waals surface area contributed by atoms with Crippen LogP contribution in [0, 0.1) is 124 Å². The molecule has 0 spiro atoms. The van der Waals surface area contributed by atoms with E-state index in [1.54, 1.807) is 12.8 Å². The first-order chi connectivity index (χ1) is 12.6. The molecule has 2 atom stereocenters. The Hall–Kier alpha value is 1.92. The number of hydrogen-bond acceptors (Lipinski definition) is 2. The van der Waals surface area contributed by atoms with Crippen molar-refractivity contribution in [3.63, 3.8) is 0 Å². The molecule has 146 valence electrons. The van der Waals surface area contributed by atoms with E-state index in [2.05, 4.69) is 31.9 Å². The van der Waals surface area contributed by atoms with Crippen LogP contribution in [0.1, 0.15) is 0 Å². The second kappa shape index (κ2) is 17.5. The molecule has 0 heterocycles. The second-order valence-electron chi connectivity index (χ2n) is 5.47. The molecule has 0 bridgehead atoms. The van der Waals surface area contributed by atoms with Gasteiger partial charge >= 0.3 is 34.1 Å². The van der Waals surface area contributed by atoms with Crippen molar-refractivity contribution in [2.75, 3.05) is 0 Å². The van der Waals surface area contributed by atoms with E-state index in [0.29, 0.717) is 11.8 Å². The summed E-state index contributed by atoms with van der Waals surface area (Å²) in [4.78, 5) is 1.61. The zero-order chi connectivity index (χ0) is 18.8. The van der Waals surface area contributed by atoms with Crippen molar-refractivity contribution < 1.29 is 44.4 Å². The van der Waals surface area contributed by atoms with Crippen molar-refractivity contribution in [2.24, 2.45) is 0 Å². The summed E-state index contributed by atoms with van der Waals surface area (Å²) in [5, 5.41) is 20.1. The Morgan fingerprint density at radius 3 is 0.893 bits per heavy atom. The summed E-state index contributed by atoms with van der Waals surface area (Å²) >= 11 is 6.67. The van der Waals surface area contributed by atoms with E-state index in [9.17, 15) is 10.2 Å². The summed E-state index contributed by atoms with van der Waals surface area (Å²) in [6.45, 7) is 0. The average molecular weight is 588 g/mol. The molecule has 4 rings (SSSR count). The SMILES string of the molecule is O[C@H]([C]1[CH][CH][CH][C]1Br)[C@H](O)[C]1[CH][CH][CH][C]1Br.[CH]1[CH][CH][CH][CH]1.[CH]1[CH][CH][CH][CH]1.[Fe+2].[Fe+2]. The average Bonchev–Trinajstić information content (AvgIpc) is 3.43. The maximum absolute atomic E-state index is 10.1. The van der Waals surface area contributed by atoms with E-state index in [1.165, 1.54) is 0 Å². The minimum atomic E-state index is -0.928. The predicted octanol–water partition coefficient (Wildman–Crippen LogP) is 4.00. The topological polar surface area (TPSA) is 40.5 Å². The van der Waals surface area contributed by atoms with Crippen molar-refractivity contribution in [1.82, 2.24) is 0 Å². The molecule has 20 radical (unpaired) electrons. The number of rotatable bonds is 3. The summed E-state index contributed by atoms with van der Waals surface area (Å²) < 4.78 is 0. The maximum Gasteiger partial charge on any atom is 2.00 e. The zero-order valence-electron chi connectivity index (χ0n) is 14.7. The normalized spacial score (nSPS) is 25.7. The molecule has 2 N–H and O–H groups in total. The fraction of sp³-hybridized carbons (Fsp3) is 0.0909. The van der Waals surface area contributed by atoms with E-state index >= 15 is 0 Å². The van der Waals surface area contributed by atoms with E-state index in [-0.39, 0.29) is 34.1 Å². The molecule has 2 nitrogen and oxygen atoms in total. The summed E-state index contributed by atoms with van der Waals surface area (Å²) in [6, 6.07) is 0. The Balaban J connectivity index is 0.000000500. The minimum absolute atomic E-state index is 0. The van der Waals surface area contributed by atoms with E-state index in [4.69, 9.17) is 0 Å². The Kier molecular flexibility index (Phi) is 18.7. The third-order valence-corrected chi connectivity index (χ3v) is 5.08. The van der Waals surface area contributed by atoms with Crippen LogP contribution in [-0.2, 0) is 34.1 Å². The summed E-state index contributed by atoms with van der Waals surface area (Å²) in [5.74, 6) is 1.39. The molecule has 0 aromatic carbocycles. The van der Waals surface area contributed by atoms with Gasteiger partial charge in [0.05, 0.1) is 21.9 Å². The van der Waals surface area contributed by atoms with Gasteiger partial charge in [0, 0.05) is 11.8 Å². The smallest absolute Gasteiger partial charge is 0.390 e. The monoisotopic (exact) mass is 586 g/mol. The largest absolute Gasteiger partial charge is 2.00 e. The molecule has 4 fully saturated rings. The van der Waals surface area contributed by atoms with E-state index < -0.39 is 12.2 Å². The molecule has 28 heavy (non-hydrogen) atoms. The van der Waals surface area contributed by atoms with Gasteiger partial charge in [0.2, 0.25) is 0 Å². The third-order valence-electron chi connectivity index (χ3n) is 3.64. The van der Waals surface area contributed by atoms with Crippen LogP contribution in [0.3, 0.4) is 0 Å². The van der Waals surface area contributed by atoms with Crippen LogP contribution in [0.15, 0.2) is 0 Å². The molecule has 0 aromatic heterocycles. The first kappa shape index (κ1) is 29.9. The van der Waals surface area contributed by atoms with E-state index in [1.807, 2.05) is 89.9 Å². The zero-order valence-corrected chi connectivity index (χ0v) is 20.1. The molecule has 4 saturated carbocycles. The molecular formula is C22H20Br2Fe2O2+4. The maximum atomic E-state index is 10.1. The van der Waals surface area contributed by atoms with Gasteiger partial charge in [-0.1, -0.05) is 31.9 Å². The van der Waals surface area contributed by atoms with E-state index in [0.717, 1.165) is 9.65 Å². The Labute approximate surface area is 211 Å². The van der Waals surface area contributed by atoms with Gasteiger partial charge in [0.25, 0.3) is 0 Å². The van der Waals surface area contributed by atoms with Gasteiger partial charge in [-0.3, -0.25) is 0 Å². The fourth-order valence-corrected chi connectivity index (χ4v) is 3.32. The number of halogens is 2. The Morgan fingerprint density at radius 2 is 0.714 bits per heavy atom. The first-order valence-electron chi connectivity index (χ1n) is 8.13. The Morgan fingerprint density at radius 1 is 0.464 bits per heavy atom. The van der Waals surface area contributed by atoms with Crippen LogP contribution >= 0.6 is 31.9 Å². The van der Waals surface area contributed by atoms with Crippen LogP contribution < -0.4 is 0 Å². The molecule has 4 aliphatic carbocycles. The van der Waals surface area contributed by atoms with Crippen LogP contribution in [-0.4, -0.2) is 22.4 Å². The summed E-state index contributed by atoms with van der Waals surface area (Å²) in [5.41, 5.74) is 0. The van der Waals surface area contributed by atoms with Crippen LogP contribution in [0.2, 0.25) is 0 Å². The van der Waals surface area contributed by atoms with Crippen molar-refractivity contribution >= 4 is 31.9 Å². The van der Waals surface area contributed by atoms with Gasteiger partial charge in [-0.25, -0.2) is 0 Å². The van der Waals surface area contributed by atoms with Gasteiger partial charge in [-0.2, -0.15) is 0 Å². The van der Waals surface area contributed by atoms with Crippen LogP contribution in [0.5, 0.6) is 0 Å². The standard InChI is InChI=1S/C12H10Br2O2.2C5H5.2Fe/c13-9-5-1-3-7(9)11(15)12(16)8-4-2-6-10(8)14;2*1-2-4-5-3-1;;/h1-6,11-12,15-16H;2*1-5H;;/q;;;2*+2/t11-,12-;;;;/m1..../s1. The van der Waals surface area contributed by atoms with Crippen molar-refractivity contribution in [2.45, 2.75) is 12.2 Å². The van der Waals surface area contributed by atoms with Crippen molar-refractivity contribution in [3.8, 4) is 0 Å². The molecule has 0 unspecified atom stereocenters. The predicted molar refractivity (Wildman–Crippen MR) is 112 cm³/mol. The fourth-order valence-electron chi connectivity index (χ4n) is 2.29. The molecule has 6 heteroatoms. The molecule has 4 aliphatic rings.